The standard InChI is InChI=1S/C16H24O3/c1-2-19-16(18)12-6-4-3-5-9-14-10-7-8-11-15(14)13-17/h3,5,7-8,13-15H,2,4,6,9-12H2,1H3/b5-3-/t14-,15+/m0/s1. The van der Waals surface area contributed by atoms with Gasteiger partial charge in [-0.1, -0.05) is 24.3 Å². The average Bonchev–Trinajstić information content (AvgIpc) is 2.43. The van der Waals surface area contributed by atoms with Crippen molar-refractivity contribution in [3.8, 4) is 0 Å². The third-order valence-electron chi connectivity index (χ3n) is 3.46. The average molecular weight is 264 g/mol. The molecule has 1 aliphatic carbocycles. The van der Waals surface area contributed by atoms with Crippen molar-refractivity contribution in [2.75, 3.05) is 6.61 Å². The highest BCUT2D eigenvalue weighted by Gasteiger charge is 2.20. The zero-order valence-electron chi connectivity index (χ0n) is 11.7. The number of esters is 1. The maximum absolute atomic E-state index is 11.1. The van der Waals surface area contributed by atoms with Crippen molar-refractivity contribution in [2.45, 2.75) is 45.4 Å². The Morgan fingerprint density at radius 2 is 2.11 bits per heavy atom. The van der Waals surface area contributed by atoms with Crippen molar-refractivity contribution in [1.82, 2.24) is 0 Å². The number of hydrogen-bond acceptors (Lipinski definition) is 3. The molecule has 1 rings (SSSR count). The molecule has 0 aliphatic heterocycles. The van der Waals surface area contributed by atoms with Crippen LogP contribution in [0, 0.1) is 11.8 Å². The fourth-order valence-corrected chi connectivity index (χ4v) is 2.32. The number of allylic oxidation sites excluding steroid dienone is 4. The van der Waals surface area contributed by atoms with Crippen LogP contribution >= 0.6 is 0 Å². The highest BCUT2D eigenvalue weighted by molar-refractivity contribution is 5.69. The molecule has 0 bridgehead atoms. The van der Waals surface area contributed by atoms with Crippen LogP contribution in [0.15, 0.2) is 24.3 Å². The van der Waals surface area contributed by atoms with E-state index in [-0.39, 0.29) is 11.9 Å². The van der Waals surface area contributed by atoms with Crippen LogP contribution in [-0.4, -0.2) is 18.9 Å². The molecule has 0 spiro atoms. The lowest BCUT2D eigenvalue weighted by Gasteiger charge is -2.22. The number of hydrogen-bond donors (Lipinski definition) is 0. The molecule has 3 nitrogen and oxygen atoms in total. The molecule has 1 aliphatic rings. The van der Waals surface area contributed by atoms with Crippen molar-refractivity contribution in [3.05, 3.63) is 24.3 Å². The molecule has 106 valence electrons. The first kappa shape index (κ1) is 15.7. The van der Waals surface area contributed by atoms with E-state index in [0.29, 0.717) is 18.9 Å². The van der Waals surface area contributed by atoms with E-state index >= 15 is 0 Å². The van der Waals surface area contributed by atoms with Crippen LogP contribution in [0.25, 0.3) is 0 Å². The SMILES string of the molecule is CCOC(=O)CCC/C=C\C[C@H]1CC=CC[C@@H]1C=O. The van der Waals surface area contributed by atoms with Gasteiger partial charge < -0.3 is 9.53 Å². The topological polar surface area (TPSA) is 43.4 Å². The fraction of sp³-hybridized carbons (Fsp3) is 0.625. The minimum atomic E-state index is -0.116. The number of ether oxygens (including phenoxy) is 1. The Morgan fingerprint density at radius 3 is 2.84 bits per heavy atom. The molecule has 2 atom stereocenters. The molecule has 0 unspecified atom stereocenters. The summed E-state index contributed by atoms with van der Waals surface area (Å²) in [6.45, 7) is 2.27. The van der Waals surface area contributed by atoms with Crippen molar-refractivity contribution < 1.29 is 14.3 Å². The first-order valence-electron chi connectivity index (χ1n) is 7.18. The van der Waals surface area contributed by atoms with Crippen LogP contribution in [0.3, 0.4) is 0 Å². The predicted octanol–water partition coefficient (Wildman–Crippen LogP) is 3.45. The van der Waals surface area contributed by atoms with E-state index in [0.717, 1.165) is 38.4 Å². The second-order valence-electron chi connectivity index (χ2n) is 4.91. The van der Waals surface area contributed by atoms with Crippen LogP contribution in [0.4, 0.5) is 0 Å². The van der Waals surface area contributed by atoms with E-state index in [1.54, 1.807) is 0 Å². The normalized spacial score (nSPS) is 22.6. The van der Waals surface area contributed by atoms with Gasteiger partial charge in [-0.2, -0.15) is 0 Å². The van der Waals surface area contributed by atoms with E-state index in [4.69, 9.17) is 4.74 Å². The van der Waals surface area contributed by atoms with E-state index in [1.807, 2.05) is 6.92 Å². The van der Waals surface area contributed by atoms with Crippen molar-refractivity contribution in [2.24, 2.45) is 11.8 Å². The van der Waals surface area contributed by atoms with Crippen LogP contribution in [-0.2, 0) is 14.3 Å². The summed E-state index contributed by atoms with van der Waals surface area (Å²) in [4.78, 5) is 22.0. The molecule has 3 heteroatoms. The summed E-state index contributed by atoms with van der Waals surface area (Å²) >= 11 is 0. The first-order valence-corrected chi connectivity index (χ1v) is 7.18. The molecule has 0 amide bonds. The lowest BCUT2D eigenvalue weighted by Crippen LogP contribution is -2.17. The molecular weight excluding hydrogens is 240 g/mol. The summed E-state index contributed by atoms with van der Waals surface area (Å²) in [5.41, 5.74) is 0. The van der Waals surface area contributed by atoms with Gasteiger partial charge in [-0.25, -0.2) is 0 Å². The van der Waals surface area contributed by atoms with Gasteiger partial charge in [0, 0.05) is 12.3 Å². The number of unbranched alkanes of at least 4 members (excludes halogenated alkanes) is 1. The highest BCUT2D eigenvalue weighted by Crippen LogP contribution is 2.27. The van der Waals surface area contributed by atoms with E-state index in [2.05, 4.69) is 24.3 Å². The summed E-state index contributed by atoms with van der Waals surface area (Å²) in [6, 6.07) is 0. The maximum Gasteiger partial charge on any atom is 0.305 e. The molecule has 0 N–H and O–H groups in total. The van der Waals surface area contributed by atoms with Crippen LogP contribution < -0.4 is 0 Å². The number of carbonyl (C=O) groups excluding carboxylic acids is 2. The van der Waals surface area contributed by atoms with Crippen LogP contribution in [0.5, 0.6) is 0 Å². The van der Waals surface area contributed by atoms with Gasteiger partial charge in [0.1, 0.15) is 6.29 Å². The Morgan fingerprint density at radius 1 is 1.32 bits per heavy atom. The lowest BCUT2D eigenvalue weighted by molar-refractivity contribution is -0.143. The Kier molecular flexibility index (Phi) is 7.87. The molecule has 0 saturated carbocycles. The molecule has 0 aromatic heterocycles. The van der Waals surface area contributed by atoms with Gasteiger partial charge in [-0.15, -0.1) is 0 Å². The van der Waals surface area contributed by atoms with Gasteiger partial charge >= 0.3 is 5.97 Å². The van der Waals surface area contributed by atoms with E-state index in [1.165, 1.54) is 0 Å². The molecule has 0 radical (unpaired) electrons. The number of aldehydes is 1. The van der Waals surface area contributed by atoms with Crippen molar-refractivity contribution in [3.63, 3.8) is 0 Å². The third-order valence-corrected chi connectivity index (χ3v) is 3.46. The Bertz CT molecular complexity index is 331. The number of carbonyl (C=O) groups is 2. The summed E-state index contributed by atoms with van der Waals surface area (Å²) in [6.07, 6.45) is 14.6. The van der Waals surface area contributed by atoms with Gasteiger partial charge in [0.15, 0.2) is 0 Å². The molecule has 19 heavy (non-hydrogen) atoms. The monoisotopic (exact) mass is 264 g/mol. The first-order chi connectivity index (χ1) is 9.27. The summed E-state index contributed by atoms with van der Waals surface area (Å²) < 4.78 is 4.86. The van der Waals surface area contributed by atoms with Gasteiger partial charge in [0.2, 0.25) is 0 Å². The summed E-state index contributed by atoms with van der Waals surface area (Å²) in [5.74, 6) is 0.507. The summed E-state index contributed by atoms with van der Waals surface area (Å²) in [7, 11) is 0. The van der Waals surface area contributed by atoms with Gasteiger partial charge in [-0.05, 0) is 44.9 Å². The zero-order chi connectivity index (χ0) is 13.9. The second kappa shape index (κ2) is 9.54. The number of rotatable bonds is 8. The second-order valence-corrected chi connectivity index (χ2v) is 4.91. The predicted molar refractivity (Wildman–Crippen MR) is 75.7 cm³/mol. The maximum atomic E-state index is 11.1. The minimum Gasteiger partial charge on any atom is -0.466 e. The van der Waals surface area contributed by atoms with E-state index < -0.39 is 0 Å². The zero-order valence-corrected chi connectivity index (χ0v) is 11.7. The van der Waals surface area contributed by atoms with Gasteiger partial charge in [-0.3, -0.25) is 4.79 Å². The van der Waals surface area contributed by atoms with Crippen LogP contribution in [0.1, 0.15) is 45.4 Å². The Balaban J connectivity index is 2.14. The largest absolute Gasteiger partial charge is 0.466 e. The van der Waals surface area contributed by atoms with Gasteiger partial charge in [0.25, 0.3) is 0 Å². The smallest absolute Gasteiger partial charge is 0.305 e. The molecule has 0 fully saturated rings. The fourth-order valence-electron chi connectivity index (χ4n) is 2.32. The molecule has 0 aromatic carbocycles. The molecule has 0 heterocycles. The van der Waals surface area contributed by atoms with Crippen molar-refractivity contribution >= 4 is 12.3 Å². The van der Waals surface area contributed by atoms with Crippen molar-refractivity contribution in [1.29, 1.82) is 0 Å². The Hall–Kier alpha value is -1.38. The quantitative estimate of drug-likeness (QED) is 0.292. The van der Waals surface area contributed by atoms with Crippen LogP contribution in [0.2, 0.25) is 0 Å². The minimum absolute atomic E-state index is 0.116. The summed E-state index contributed by atoms with van der Waals surface area (Å²) in [5, 5.41) is 0. The van der Waals surface area contributed by atoms with Gasteiger partial charge in [0.05, 0.1) is 6.61 Å². The highest BCUT2D eigenvalue weighted by atomic mass is 16.5. The third kappa shape index (κ3) is 6.37. The van der Waals surface area contributed by atoms with E-state index in [9.17, 15) is 9.59 Å². The lowest BCUT2D eigenvalue weighted by atomic mass is 9.82. The Labute approximate surface area is 115 Å². The molecule has 0 saturated heterocycles. The molecule has 0 aromatic rings. The molecular formula is C16H24O3.